The van der Waals surface area contributed by atoms with Crippen LogP contribution in [-0.2, 0) is 9.47 Å². The van der Waals surface area contributed by atoms with E-state index in [-0.39, 0.29) is 22.8 Å². The standard InChI is InChI=1S/C14H21N3O4/c1-4-15-10-6-5-7-11(14(10)17(18)19)16-8-12(20-2)13(9-16)21-3/h5-7,12-13,15H,4,8-9H2,1-3H3. The lowest BCUT2D eigenvalue weighted by Gasteiger charge is -2.19. The number of nitro benzene ring substituents is 1. The van der Waals surface area contributed by atoms with Gasteiger partial charge in [0.1, 0.15) is 23.6 Å². The van der Waals surface area contributed by atoms with Crippen molar-refractivity contribution < 1.29 is 14.4 Å². The molecule has 1 saturated heterocycles. The molecule has 21 heavy (non-hydrogen) atoms. The van der Waals surface area contributed by atoms with Crippen molar-refractivity contribution in [2.24, 2.45) is 0 Å². The van der Waals surface area contributed by atoms with Crippen molar-refractivity contribution in [1.29, 1.82) is 0 Å². The Balaban J connectivity index is 2.36. The van der Waals surface area contributed by atoms with E-state index in [0.29, 0.717) is 31.0 Å². The number of para-hydroxylation sites is 1. The van der Waals surface area contributed by atoms with Crippen molar-refractivity contribution in [2.45, 2.75) is 19.1 Å². The van der Waals surface area contributed by atoms with Gasteiger partial charge < -0.3 is 19.7 Å². The van der Waals surface area contributed by atoms with Gasteiger partial charge in [-0.15, -0.1) is 0 Å². The Morgan fingerprint density at radius 2 is 1.95 bits per heavy atom. The highest BCUT2D eigenvalue weighted by molar-refractivity contribution is 5.77. The van der Waals surface area contributed by atoms with Crippen LogP contribution in [0.1, 0.15) is 6.92 Å². The molecule has 1 aromatic carbocycles. The van der Waals surface area contributed by atoms with Gasteiger partial charge in [0.2, 0.25) is 0 Å². The number of nitrogens with zero attached hydrogens (tertiary/aromatic N) is 2. The molecule has 2 atom stereocenters. The normalized spacial score (nSPS) is 21.6. The third-order valence-electron chi connectivity index (χ3n) is 3.73. The van der Waals surface area contributed by atoms with Gasteiger partial charge in [0.05, 0.1) is 4.92 Å². The molecule has 0 spiro atoms. The summed E-state index contributed by atoms with van der Waals surface area (Å²) in [5.41, 5.74) is 1.24. The number of hydrogen-bond acceptors (Lipinski definition) is 6. The van der Waals surface area contributed by atoms with Crippen LogP contribution < -0.4 is 10.2 Å². The van der Waals surface area contributed by atoms with E-state index in [0.717, 1.165) is 0 Å². The highest BCUT2D eigenvalue weighted by atomic mass is 16.6. The summed E-state index contributed by atoms with van der Waals surface area (Å²) in [7, 11) is 3.26. The van der Waals surface area contributed by atoms with Crippen LogP contribution in [-0.4, -0.2) is 51.0 Å². The summed E-state index contributed by atoms with van der Waals surface area (Å²) in [5.74, 6) is 0. The van der Waals surface area contributed by atoms with Gasteiger partial charge in [-0.1, -0.05) is 6.07 Å². The first-order valence-electron chi connectivity index (χ1n) is 6.94. The van der Waals surface area contributed by atoms with Crippen LogP contribution in [0.25, 0.3) is 0 Å². The van der Waals surface area contributed by atoms with Gasteiger partial charge >= 0.3 is 5.69 Å². The molecule has 0 bridgehead atoms. The summed E-state index contributed by atoms with van der Waals surface area (Å²) in [5, 5.41) is 14.5. The van der Waals surface area contributed by atoms with Gasteiger partial charge in [-0.25, -0.2) is 0 Å². The minimum absolute atomic E-state index is 0.0857. The van der Waals surface area contributed by atoms with Gasteiger partial charge in [-0.2, -0.15) is 0 Å². The summed E-state index contributed by atoms with van der Waals surface area (Å²) in [6.45, 7) is 3.69. The molecular formula is C14H21N3O4. The van der Waals surface area contributed by atoms with Crippen molar-refractivity contribution in [3.63, 3.8) is 0 Å². The molecule has 116 valence electrons. The molecule has 0 radical (unpaired) electrons. The third kappa shape index (κ3) is 3.08. The predicted octanol–water partition coefficient (Wildman–Crippen LogP) is 1.88. The molecular weight excluding hydrogens is 274 g/mol. The van der Waals surface area contributed by atoms with Gasteiger partial charge in [0.25, 0.3) is 0 Å². The summed E-state index contributed by atoms with van der Waals surface area (Å²) >= 11 is 0. The highest BCUT2D eigenvalue weighted by Crippen LogP contribution is 2.37. The lowest BCUT2D eigenvalue weighted by molar-refractivity contribution is -0.383. The molecule has 7 nitrogen and oxygen atoms in total. The average Bonchev–Trinajstić information content (AvgIpc) is 2.90. The number of ether oxygens (including phenoxy) is 2. The van der Waals surface area contributed by atoms with E-state index >= 15 is 0 Å². The molecule has 2 rings (SSSR count). The van der Waals surface area contributed by atoms with Crippen LogP contribution in [0.15, 0.2) is 18.2 Å². The number of methoxy groups -OCH3 is 2. The topological polar surface area (TPSA) is 76.9 Å². The summed E-state index contributed by atoms with van der Waals surface area (Å²) in [4.78, 5) is 13.1. The van der Waals surface area contributed by atoms with Crippen LogP contribution in [0.2, 0.25) is 0 Å². The lowest BCUT2D eigenvalue weighted by atomic mass is 10.2. The fourth-order valence-corrected chi connectivity index (χ4v) is 2.70. The zero-order chi connectivity index (χ0) is 15.4. The van der Waals surface area contributed by atoms with Crippen LogP contribution in [0.3, 0.4) is 0 Å². The maximum atomic E-state index is 11.5. The number of nitro groups is 1. The molecule has 1 aliphatic rings. The fraction of sp³-hybridized carbons (Fsp3) is 0.571. The maximum absolute atomic E-state index is 11.5. The van der Waals surface area contributed by atoms with Crippen molar-refractivity contribution in [1.82, 2.24) is 0 Å². The van der Waals surface area contributed by atoms with Crippen LogP contribution in [0.4, 0.5) is 17.1 Å². The molecule has 0 aliphatic carbocycles. The van der Waals surface area contributed by atoms with Gasteiger partial charge in [0.15, 0.2) is 0 Å². The average molecular weight is 295 g/mol. The minimum atomic E-state index is -0.338. The zero-order valence-electron chi connectivity index (χ0n) is 12.5. The van der Waals surface area contributed by atoms with Crippen molar-refractivity contribution >= 4 is 17.1 Å². The first-order chi connectivity index (χ1) is 10.1. The molecule has 1 aromatic rings. The number of benzene rings is 1. The molecule has 1 N–H and O–H groups in total. The van der Waals surface area contributed by atoms with E-state index in [1.54, 1.807) is 26.4 Å². The third-order valence-corrected chi connectivity index (χ3v) is 3.73. The number of rotatable bonds is 6. The van der Waals surface area contributed by atoms with Gasteiger partial charge in [0, 0.05) is 33.9 Å². The lowest BCUT2D eigenvalue weighted by Crippen LogP contribution is -2.27. The van der Waals surface area contributed by atoms with Crippen molar-refractivity contribution in [3.8, 4) is 0 Å². The van der Waals surface area contributed by atoms with E-state index in [4.69, 9.17) is 9.47 Å². The fourth-order valence-electron chi connectivity index (χ4n) is 2.70. The Bertz CT molecular complexity index is 497. The first-order valence-corrected chi connectivity index (χ1v) is 6.94. The zero-order valence-corrected chi connectivity index (χ0v) is 12.5. The molecule has 1 heterocycles. The van der Waals surface area contributed by atoms with E-state index in [9.17, 15) is 10.1 Å². The molecule has 1 aliphatic heterocycles. The van der Waals surface area contributed by atoms with Crippen LogP contribution in [0.5, 0.6) is 0 Å². The predicted molar refractivity (Wildman–Crippen MR) is 81.1 cm³/mol. The summed E-state index contributed by atoms with van der Waals surface area (Å²) < 4.78 is 10.8. The van der Waals surface area contributed by atoms with E-state index < -0.39 is 0 Å². The Labute approximate surface area is 124 Å². The van der Waals surface area contributed by atoms with Gasteiger partial charge in [-0.3, -0.25) is 10.1 Å². The number of nitrogens with one attached hydrogen (secondary N) is 1. The molecule has 0 saturated carbocycles. The van der Waals surface area contributed by atoms with E-state index in [1.165, 1.54) is 0 Å². The molecule has 7 heteroatoms. The molecule has 0 amide bonds. The quantitative estimate of drug-likeness (QED) is 0.638. The maximum Gasteiger partial charge on any atom is 0.315 e. The molecule has 0 aromatic heterocycles. The summed E-state index contributed by atoms with van der Waals surface area (Å²) in [6, 6.07) is 5.31. The second kappa shape index (κ2) is 6.73. The minimum Gasteiger partial charge on any atom is -0.380 e. The Morgan fingerprint density at radius 1 is 1.33 bits per heavy atom. The second-order valence-corrected chi connectivity index (χ2v) is 4.91. The largest absolute Gasteiger partial charge is 0.380 e. The van der Waals surface area contributed by atoms with Crippen LogP contribution in [0, 0.1) is 10.1 Å². The highest BCUT2D eigenvalue weighted by Gasteiger charge is 2.36. The Morgan fingerprint density at radius 3 is 2.43 bits per heavy atom. The SMILES string of the molecule is CCNc1cccc(N2CC(OC)C(OC)C2)c1[N+](=O)[O-]. The Hall–Kier alpha value is -1.86. The van der Waals surface area contributed by atoms with Crippen LogP contribution >= 0.6 is 0 Å². The molecule has 1 fully saturated rings. The van der Waals surface area contributed by atoms with E-state index in [1.807, 2.05) is 17.9 Å². The number of anilines is 2. The first kappa shape index (κ1) is 15.5. The Kier molecular flexibility index (Phi) is 4.98. The molecule has 2 unspecified atom stereocenters. The summed E-state index contributed by atoms with van der Waals surface area (Å²) in [6.07, 6.45) is -0.171. The van der Waals surface area contributed by atoms with Crippen molar-refractivity contribution in [3.05, 3.63) is 28.3 Å². The smallest absolute Gasteiger partial charge is 0.315 e. The number of hydrogen-bond donors (Lipinski definition) is 1. The van der Waals surface area contributed by atoms with Crippen molar-refractivity contribution in [2.75, 3.05) is 44.1 Å². The monoisotopic (exact) mass is 295 g/mol. The van der Waals surface area contributed by atoms with E-state index in [2.05, 4.69) is 5.32 Å². The second-order valence-electron chi connectivity index (χ2n) is 4.91. The van der Waals surface area contributed by atoms with Gasteiger partial charge in [-0.05, 0) is 19.1 Å².